The van der Waals surface area contributed by atoms with Crippen molar-refractivity contribution in [3.8, 4) is 0 Å². The molecule has 2 aromatic heterocycles. The first-order chi connectivity index (χ1) is 9.99. The summed E-state index contributed by atoms with van der Waals surface area (Å²) >= 11 is 0. The topological polar surface area (TPSA) is 74.5 Å². The van der Waals surface area contributed by atoms with Gasteiger partial charge in [0.1, 0.15) is 18.7 Å². The van der Waals surface area contributed by atoms with Gasteiger partial charge in [-0.1, -0.05) is 13.8 Å². The average molecular weight is 290 g/mol. The van der Waals surface area contributed by atoms with Crippen LogP contribution in [0.25, 0.3) is 0 Å². The maximum absolute atomic E-state index is 6.14. The molecule has 2 N–H and O–H groups in total. The summed E-state index contributed by atoms with van der Waals surface area (Å²) in [5.41, 5.74) is 9.64. The second-order valence-electron chi connectivity index (χ2n) is 5.68. The highest BCUT2D eigenvalue weighted by Crippen LogP contribution is 2.23. The molecule has 0 spiro atoms. The molecule has 2 heterocycles. The molecule has 21 heavy (non-hydrogen) atoms. The normalized spacial score (nSPS) is 13.1. The molecule has 1 unspecified atom stereocenters. The van der Waals surface area contributed by atoms with E-state index in [0.29, 0.717) is 12.6 Å². The van der Waals surface area contributed by atoms with E-state index in [1.165, 1.54) is 11.3 Å². The molecule has 0 radical (unpaired) electrons. The van der Waals surface area contributed by atoms with Crippen LogP contribution in [0.15, 0.2) is 6.33 Å². The largest absolute Gasteiger partial charge is 0.324 e. The lowest BCUT2D eigenvalue weighted by Crippen LogP contribution is -2.15. The lowest BCUT2D eigenvalue weighted by molar-refractivity contribution is 0.483. The van der Waals surface area contributed by atoms with Crippen LogP contribution in [0.3, 0.4) is 0 Å². The Kier molecular flexibility index (Phi) is 4.77. The predicted octanol–water partition coefficient (Wildman–Crippen LogP) is 2.25. The van der Waals surface area contributed by atoms with E-state index in [0.717, 1.165) is 24.4 Å². The Bertz CT molecular complexity index is 593. The van der Waals surface area contributed by atoms with Gasteiger partial charge in [-0.25, -0.2) is 9.67 Å². The molecule has 0 saturated heterocycles. The summed E-state index contributed by atoms with van der Waals surface area (Å²) in [6.45, 7) is 11.1. The summed E-state index contributed by atoms with van der Waals surface area (Å²) in [6, 6.07) is 0.299. The summed E-state index contributed by atoms with van der Waals surface area (Å²) in [4.78, 5) is 4.38. The number of rotatable bonds is 6. The van der Waals surface area contributed by atoms with Crippen LogP contribution in [-0.2, 0) is 19.4 Å². The van der Waals surface area contributed by atoms with Crippen molar-refractivity contribution >= 4 is 0 Å². The van der Waals surface area contributed by atoms with Crippen LogP contribution in [0, 0.1) is 0 Å². The molecule has 0 aliphatic carbocycles. The SMILES string of the molecule is CCc1nn(Cc2ncnn2C(C)C)c(CC)c1C(C)N. The van der Waals surface area contributed by atoms with E-state index >= 15 is 0 Å². The highest BCUT2D eigenvalue weighted by atomic mass is 15.4. The van der Waals surface area contributed by atoms with Crippen molar-refractivity contribution in [1.29, 1.82) is 0 Å². The Morgan fingerprint density at radius 1 is 1.19 bits per heavy atom. The monoisotopic (exact) mass is 290 g/mol. The first-order valence-corrected chi connectivity index (χ1v) is 7.71. The second kappa shape index (κ2) is 6.39. The number of aromatic nitrogens is 5. The number of hydrogen-bond donors (Lipinski definition) is 1. The van der Waals surface area contributed by atoms with Gasteiger partial charge in [-0.15, -0.1) is 0 Å². The molecular weight excluding hydrogens is 264 g/mol. The van der Waals surface area contributed by atoms with Crippen molar-refractivity contribution in [3.05, 3.63) is 29.1 Å². The molecule has 2 rings (SSSR count). The summed E-state index contributed by atoms with van der Waals surface area (Å²) < 4.78 is 3.98. The van der Waals surface area contributed by atoms with Crippen LogP contribution in [0.1, 0.15) is 69.5 Å². The van der Waals surface area contributed by atoms with Gasteiger partial charge in [-0.05, 0) is 33.6 Å². The van der Waals surface area contributed by atoms with Gasteiger partial charge in [0.15, 0.2) is 0 Å². The minimum Gasteiger partial charge on any atom is -0.324 e. The zero-order chi connectivity index (χ0) is 15.6. The number of hydrogen-bond acceptors (Lipinski definition) is 4. The Labute approximate surface area is 126 Å². The quantitative estimate of drug-likeness (QED) is 0.885. The van der Waals surface area contributed by atoms with Crippen molar-refractivity contribution in [3.63, 3.8) is 0 Å². The summed E-state index contributed by atoms with van der Waals surface area (Å²) in [6.07, 6.45) is 3.42. The minimum absolute atomic E-state index is 0.00613. The highest BCUT2D eigenvalue weighted by Gasteiger charge is 2.19. The number of nitrogens with zero attached hydrogens (tertiary/aromatic N) is 5. The van der Waals surface area contributed by atoms with Gasteiger partial charge in [-0.2, -0.15) is 10.2 Å². The molecule has 0 amide bonds. The van der Waals surface area contributed by atoms with Gasteiger partial charge in [0.2, 0.25) is 0 Å². The summed E-state index contributed by atoms with van der Waals surface area (Å²) in [7, 11) is 0. The van der Waals surface area contributed by atoms with Crippen LogP contribution in [0.5, 0.6) is 0 Å². The fourth-order valence-corrected chi connectivity index (χ4v) is 2.81. The van der Waals surface area contributed by atoms with E-state index in [1.807, 2.05) is 16.3 Å². The predicted molar refractivity (Wildman–Crippen MR) is 83.1 cm³/mol. The van der Waals surface area contributed by atoms with Crippen molar-refractivity contribution in [2.24, 2.45) is 5.73 Å². The minimum atomic E-state index is 0.00613. The van der Waals surface area contributed by atoms with Crippen LogP contribution in [-0.4, -0.2) is 24.5 Å². The molecule has 0 aliphatic rings. The first kappa shape index (κ1) is 15.7. The Hall–Kier alpha value is -1.69. The fraction of sp³-hybridized carbons (Fsp3) is 0.667. The van der Waals surface area contributed by atoms with E-state index in [2.05, 4.69) is 37.8 Å². The van der Waals surface area contributed by atoms with Crippen LogP contribution in [0.4, 0.5) is 0 Å². The molecule has 2 aromatic rings. The highest BCUT2D eigenvalue weighted by molar-refractivity contribution is 5.30. The Morgan fingerprint density at radius 2 is 1.90 bits per heavy atom. The zero-order valence-electron chi connectivity index (χ0n) is 13.7. The average Bonchev–Trinajstić information content (AvgIpc) is 3.02. The van der Waals surface area contributed by atoms with Crippen LogP contribution in [0.2, 0.25) is 0 Å². The van der Waals surface area contributed by atoms with Crippen LogP contribution < -0.4 is 5.73 Å². The molecular formula is C15H26N6. The molecule has 6 nitrogen and oxygen atoms in total. The third-order valence-electron chi connectivity index (χ3n) is 3.73. The van der Waals surface area contributed by atoms with Gasteiger partial charge >= 0.3 is 0 Å². The van der Waals surface area contributed by atoms with E-state index < -0.39 is 0 Å². The summed E-state index contributed by atoms with van der Waals surface area (Å²) in [5.74, 6) is 0.932. The van der Waals surface area contributed by atoms with E-state index in [4.69, 9.17) is 10.8 Å². The van der Waals surface area contributed by atoms with Crippen molar-refractivity contribution < 1.29 is 0 Å². The molecule has 0 bridgehead atoms. The van der Waals surface area contributed by atoms with E-state index in [-0.39, 0.29) is 6.04 Å². The van der Waals surface area contributed by atoms with Crippen molar-refractivity contribution in [2.75, 3.05) is 0 Å². The lowest BCUT2D eigenvalue weighted by atomic mass is 10.0. The molecule has 0 aromatic carbocycles. The standard InChI is InChI=1S/C15H26N6/c1-6-12-15(11(5)16)13(7-2)20(19-12)8-14-17-9-18-21(14)10(3)4/h9-11H,6-8,16H2,1-5H3. The molecule has 0 saturated carbocycles. The van der Waals surface area contributed by atoms with Crippen LogP contribution >= 0.6 is 0 Å². The second-order valence-corrected chi connectivity index (χ2v) is 5.68. The molecule has 0 fully saturated rings. The maximum atomic E-state index is 6.14. The zero-order valence-corrected chi connectivity index (χ0v) is 13.7. The smallest absolute Gasteiger partial charge is 0.148 e. The first-order valence-electron chi connectivity index (χ1n) is 7.71. The van der Waals surface area contributed by atoms with E-state index in [1.54, 1.807) is 6.33 Å². The van der Waals surface area contributed by atoms with Gasteiger partial charge < -0.3 is 5.73 Å². The van der Waals surface area contributed by atoms with Gasteiger partial charge in [0, 0.05) is 23.3 Å². The Morgan fingerprint density at radius 3 is 2.43 bits per heavy atom. The van der Waals surface area contributed by atoms with E-state index in [9.17, 15) is 0 Å². The lowest BCUT2D eigenvalue weighted by Gasteiger charge is -2.12. The number of aryl methyl sites for hydroxylation is 1. The molecule has 1 atom stereocenters. The van der Waals surface area contributed by atoms with Gasteiger partial charge in [0.25, 0.3) is 0 Å². The molecule has 0 aliphatic heterocycles. The fourth-order valence-electron chi connectivity index (χ4n) is 2.81. The van der Waals surface area contributed by atoms with Crippen molar-refractivity contribution in [2.45, 2.75) is 66.1 Å². The van der Waals surface area contributed by atoms with Gasteiger partial charge in [-0.3, -0.25) is 4.68 Å². The third-order valence-corrected chi connectivity index (χ3v) is 3.73. The number of nitrogens with two attached hydrogens (primary N) is 1. The Balaban J connectivity index is 2.42. The molecule has 116 valence electrons. The summed E-state index contributed by atoms with van der Waals surface area (Å²) in [5, 5.41) is 9.04. The molecule has 6 heteroatoms. The van der Waals surface area contributed by atoms with Gasteiger partial charge in [0.05, 0.1) is 5.69 Å². The third kappa shape index (κ3) is 3.00. The maximum Gasteiger partial charge on any atom is 0.148 e. The van der Waals surface area contributed by atoms with Crippen molar-refractivity contribution in [1.82, 2.24) is 24.5 Å².